The Morgan fingerprint density at radius 3 is 2.89 bits per heavy atom. The van der Waals surface area contributed by atoms with E-state index in [1.165, 1.54) is 25.7 Å². The van der Waals surface area contributed by atoms with Crippen LogP contribution in [0.1, 0.15) is 32.1 Å². The molecule has 106 valence electrons. The van der Waals surface area contributed by atoms with Gasteiger partial charge in [-0.25, -0.2) is 0 Å². The third-order valence-electron chi connectivity index (χ3n) is 4.00. The van der Waals surface area contributed by atoms with E-state index in [1.54, 1.807) is 7.11 Å². The van der Waals surface area contributed by atoms with Crippen LogP contribution in [0.4, 0.5) is 0 Å². The summed E-state index contributed by atoms with van der Waals surface area (Å²) >= 11 is 0. The first kappa shape index (κ1) is 14.3. The van der Waals surface area contributed by atoms with Crippen molar-refractivity contribution >= 4 is 0 Å². The molecule has 0 aromatic carbocycles. The monoisotopic (exact) mass is 257 g/mol. The number of hydrogen-bond acceptors (Lipinski definition) is 4. The summed E-state index contributed by atoms with van der Waals surface area (Å²) in [4.78, 5) is 0. The lowest BCUT2D eigenvalue weighted by atomic mass is 9.95. The predicted molar refractivity (Wildman–Crippen MR) is 70.8 cm³/mol. The van der Waals surface area contributed by atoms with E-state index in [2.05, 4.69) is 5.32 Å². The summed E-state index contributed by atoms with van der Waals surface area (Å²) in [5.74, 6) is 0.706. The Hall–Kier alpha value is -0.160. The van der Waals surface area contributed by atoms with Gasteiger partial charge in [0, 0.05) is 26.8 Å². The highest BCUT2D eigenvalue weighted by Gasteiger charge is 2.22. The molecule has 1 heterocycles. The van der Waals surface area contributed by atoms with Crippen molar-refractivity contribution in [2.45, 2.75) is 44.3 Å². The lowest BCUT2D eigenvalue weighted by molar-refractivity contribution is -0.0283. The standard InChI is InChI=1S/C14H27NO3/c1-16-13-3-2-4-14(9-13)18-8-6-15-10-12-5-7-17-11-12/h12-15H,2-11H2,1H3. The summed E-state index contributed by atoms with van der Waals surface area (Å²) in [5.41, 5.74) is 0. The fourth-order valence-electron chi connectivity index (χ4n) is 2.82. The van der Waals surface area contributed by atoms with Gasteiger partial charge in [0.15, 0.2) is 0 Å². The molecule has 0 bridgehead atoms. The van der Waals surface area contributed by atoms with E-state index in [1.807, 2.05) is 0 Å². The Balaban J connectivity index is 1.47. The number of methoxy groups -OCH3 is 1. The second kappa shape index (κ2) is 8.10. The van der Waals surface area contributed by atoms with Crippen molar-refractivity contribution in [1.82, 2.24) is 5.32 Å². The molecule has 18 heavy (non-hydrogen) atoms. The van der Waals surface area contributed by atoms with Gasteiger partial charge in [0.25, 0.3) is 0 Å². The van der Waals surface area contributed by atoms with Crippen molar-refractivity contribution in [3.05, 3.63) is 0 Å². The summed E-state index contributed by atoms with van der Waals surface area (Å²) in [6.07, 6.45) is 6.69. The summed E-state index contributed by atoms with van der Waals surface area (Å²) < 4.78 is 16.7. The van der Waals surface area contributed by atoms with Gasteiger partial charge in [-0.05, 0) is 38.0 Å². The molecular weight excluding hydrogens is 230 g/mol. The van der Waals surface area contributed by atoms with E-state index in [-0.39, 0.29) is 0 Å². The minimum absolute atomic E-state index is 0.403. The van der Waals surface area contributed by atoms with Crippen LogP contribution in [0.5, 0.6) is 0 Å². The molecule has 3 unspecified atom stereocenters. The second-order valence-electron chi connectivity index (χ2n) is 5.45. The Morgan fingerprint density at radius 1 is 1.22 bits per heavy atom. The average molecular weight is 257 g/mol. The van der Waals surface area contributed by atoms with Crippen molar-refractivity contribution in [1.29, 1.82) is 0 Å². The van der Waals surface area contributed by atoms with E-state index in [0.29, 0.717) is 18.1 Å². The first-order chi connectivity index (χ1) is 8.88. The van der Waals surface area contributed by atoms with Crippen molar-refractivity contribution in [3.63, 3.8) is 0 Å². The molecule has 0 aromatic heterocycles. The third kappa shape index (κ3) is 4.84. The summed E-state index contributed by atoms with van der Waals surface area (Å²) in [7, 11) is 1.80. The maximum absolute atomic E-state index is 5.91. The van der Waals surface area contributed by atoms with E-state index in [4.69, 9.17) is 14.2 Å². The maximum atomic E-state index is 5.91. The molecule has 0 spiro atoms. The van der Waals surface area contributed by atoms with E-state index in [9.17, 15) is 0 Å². The molecule has 0 aromatic rings. The minimum Gasteiger partial charge on any atom is -0.381 e. The zero-order valence-electron chi connectivity index (χ0n) is 11.5. The molecule has 0 radical (unpaired) electrons. The minimum atomic E-state index is 0.403. The largest absolute Gasteiger partial charge is 0.381 e. The number of hydrogen-bond donors (Lipinski definition) is 1. The number of ether oxygens (including phenoxy) is 3. The molecule has 1 aliphatic carbocycles. The first-order valence-electron chi connectivity index (χ1n) is 7.31. The van der Waals surface area contributed by atoms with Crippen LogP contribution in [-0.2, 0) is 14.2 Å². The lowest BCUT2D eigenvalue weighted by Crippen LogP contribution is -2.31. The highest BCUT2D eigenvalue weighted by Crippen LogP contribution is 2.22. The Bertz CT molecular complexity index is 219. The number of rotatable bonds is 7. The molecule has 1 saturated heterocycles. The summed E-state index contributed by atoms with van der Waals surface area (Å²) in [6.45, 7) is 4.68. The molecule has 2 aliphatic rings. The molecule has 3 atom stereocenters. The normalized spacial score (nSPS) is 32.8. The van der Waals surface area contributed by atoms with Gasteiger partial charge >= 0.3 is 0 Å². The van der Waals surface area contributed by atoms with Crippen molar-refractivity contribution < 1.29 is 14.2 Å². The zero-order chi connectivity index (χ0) is 12.6. The third-order valence-corrected chi connectivity index (χ3v) is 4.00. The van der Waals surface area contributed by atoms with Gasteiger partial charge in [0.05, 0.1) is 25.4 Å². The van der Waals surface area contributed by atoms with E-state index < -0.39 is 0 Å². The van der Waals surface area contributed by atoms with Crippen LogP contribution in [0.3, 0.4) is 0 Å². The van der Waals surface area contributed by atoms with Gasteiger partial charge in [0.2, 0.25) is 0 Å². The van der Waals surface area contributed by atoms with Crippen molar-refractivity contribution in [2.24, 2.45) is 5.92 Å². The highest BCUT2D eigenvalue weighted by atomic mass is 16.5. The Labute approximate surface area is 110 Å². The van der Waals surface area contributed by atoms with Crippen LogP contribution in [0.2, 0.25) is 0 Å². The van der Waals surface area contributed by atoms with Crippen LogP contribution in [0.25, 0.3) is 0 Å². The molecule has 1 N–H and O–H groups in total. The highest BCUT2D eigenvalue weighted by molar-refractivity contribution is 4.73. The van der Waals surface area contributed by atoms with Crippen LogP contribution in [-0.4, -0.2) is 52.2 Å². The Kier molecular flexibility index (Phi) is 6.41. The topological polar surface area (TPSA) is 39.7 Å². The summed E-state index contributed by atoms with van der Waals surface area (Å²) in [6, 6.07) is 0. The van der Waals surface area contributed by atoms with Crippen LogP contribution < -0.4 is 5.32 Å². The fraction of sp³-hybridized carbons (Fsp3) is 1.00. The van der Waals surface area contributed by atoms with Crippen molar-refractivity contribution in [3.8, 4) is 0 Å². The molecule has 1 saturated carbocycles. The van der Waals surface area contributed by atoms with E-state index >= 15 is 0 Å². The molecule has 0 amide bonds. The predicted octanol–water partition coefficient (Wildman–Crippen LogP) is 1.59. The molecule has 4 heteroatoms. The smallest absolute Gasteiger partial charge is 0.0600 e. The maximum Gasteiger partial charge on any atom is 0.0600 e. The van der Waals surface area contributed by atoms with Crippen molar-refractivity contribution in [2.75, 3.05) is 40.0 Å². The van der Waals surface area contributed by atoms with Gasteiger partial charge < -0.3 is 19.5 Å². The lowest BCUT2D eigenvalue weighted by Gasteiger charge is -2.28. The molecule has 2 fully saturated rings. The van der Waals surface area contributed by atoms with Gasteiger partial charge in [-0.1, -0.05) is 0 Å². The number of nitrogens with one attached hydrogen (secondary N) is 1. The molecule has 4 nitrogen and oxygen atoms in total. The van der Waals surface area contributed by atoms with Crippen LogP contribution >= 0.6 is 0 Å². The summed E-state index contributed by atoms with van der Waals surface area (Å²) in [5, 5.41) is 3.46. The van der Waals surface area contributed by atoms with Gasteiger partial charge in [-0.3, -0.25) is 0 Å². The SMILES string of the molecule is COC1CCCC(OCCNCC2CCOC2)C1. The molecule has 1 aliphatic heterocycles. The van der Waals surface area contributed by atoms with Crippen LogP contribution in [0, 0.1) is 5.92 Å². The second-order valence-corrected chi connectivity index (χ2v) is 5.45. The Morgan fingerprint density at radius 2 is 2.11 bits per heavy atom. The van der Waals surface area contributed by atoms with Crippen LogP contribution in [0.15, 0.2) is 0 Å². The quantitative estimate of drug-likeness (QED) is 0.703. The first-order valence-corrected chi connectivity index (χ1v) is 7.31. The zero-order valence-corrected chi connectivity index (χ0v) is 11.5. The average Bonchev–Trinajstić information content (AvgIpc) is 2.92. The van der Waals surface area contributed by atoms with Gasteiger partial charge in [0.1, 0.15) is 0 Å². The fourth-order valence-corrected chi connectivity index (χ4v) is 2.82. The van der Waals surface area contributed by atoms with Gasteiger partial charge in [-0.2, -0.15) is 0 Å². The molecule has 2 rings (SSSR count). The van der Waals surface area contributed by atoms with Gasteiger partial charge in [-0.15, -0.1) is 0 Å². The van der Waals surface area contributed by atoms with E-state index in [0.717, 1.165) is 39.3 Å². The molecular formula is C14H27NO3.